The first-order chi connectivity index (χ1) is 63.0. The number of amides is 15. The van der Waals surface area contributed by atoms with Gasteiger partial charge in [0.2, 0.25) is 88.6 Å². The zero-order valence-electron chi connectivity index (χ0n) is 75.0. The summed E-state index contributed by atoms with van der Waals surface area (Å²) in [6.07, 6.45) is 14.2. The summed E-state index contributed by atoms with van der Waals surface area (Å²) in [5.74, 6) is -14.7. The van der Waals surface area contributed by atoms with Crippen molar-refractivity contribution < 1.29 is 102 Å². The Morgan fingerprint density at radius 3 is 1.85 bits per heavy atom. The Morgan fingerprint density at radius 1 is 0.580 bits per heavy atom. The number of hydrogen-bond acceptors (Lipinski definition) is 24. The molecule has 43 nitrogen and oxygen atoms in total. The minimum atomic E-state index is -1.92. The zero-order valence-corrected chi connectivity index (χ0v) is 75.0. The molecule has 1 unspecified atom stereocenters. The molecule has 724 valence electrons. The summed E-state index contributed by atoms with van der Waals surface area (Å²) in [6, 6.07) is -2.07. The van der Waals surface area contributed by atoms with Gasteiger partial charge < -0.3 is 131 Å². The number of H-pyrrole nitrogens is 2. The number of carbonyl (C=O) groups excluding carboxylic acids is 16. The highest BCUT2D eigenvalue weighted by molar-refractivity contribution is 6.01. The van der Waals surface area contributed by atoms with Crippen LogP contribution in [0.2, 0.25) is 0 Å². The zero-order chi connectivity index (χ0) is 95.4. The molecule has 15 amide bonds. The smallest absolute Gasteiger partial charge is 0.246 e. The van der Waals surface area contributed by atoms with E-state index in [2.05, 4.69) is 96.3 Å². The van der Waals surface area contributed by atoms with E-state index in [4.69, 9.17) is 32.1 Å². The highest BCUT2D eigenvalue weighted by atomic mass is 16.5. The van der Waals surface area contributed by atoms with Crippen LogP contribution in [-0.4, -0.2) is 287 Å². The molecule has 2 aromatic carbocycles. The van der Waals surface area contributed by atoms with Gasteiger partial charge in [-0.05, 0) is 81.5 Å². The van der Waals surface area contributed by atoms with E-state index >= 15 is 14.4 Å². The molecule has 2 fully saturated rings. The number of aromatic amines is 2. The maximum absolute atomic E-state index is 15.3. The number of aliphatic hydroxyl groups is 3. The second kappa shape index (κ2) is 60.0. The number of hydrogen-bond donors (Lipinski definition) is 23. The molecular weight excluding hydrogens is 1700 g/mol. The number of guanidine groups is 1. The van der Waals surface area contributed by atoms with E-state index in [9.17, 15) is 77.6 Å². The van der Waals surface area contributed by atoms with Crippen LogP contribution in [0.3, 0.4) is 0 Å². The molecule has 4 heterocycles. The third kappa shape index (κ3) is 40.5. The number of ether oxygens (including phenoxy) is 2. The lowest BCUT2D eigenvalue weighted by atomic mass is 10.0. The van der Waals surface area contributed by atoms with Crippen LogP contribution >= 0.6 is 0 Å². The molecule has 4 aromatic rings. The molecule has 0 radical (unpaired) electrons. The summed E-state index contributed by atoms with van der Waals surface area (Å²) >= 11 is 0. The number of Topliss-reactive ketones (excluding diaryl/α,β-unsaturated/α-hetero) is 1. The Morgan fingerprint density at radius 2 is 1.18 bits per heavy atom. The molecule has 43 heteroatoms. The number of unbranched alkanes of at least 4 members (excludes halogenated alkanes) is 11. The number of imidazole rings is 1. The monoisotopic (exact) mass is 1840 g/mol. The predicted octanol–water partition coefficient (Wildman–Crippen LogP) is -2.99. The molecule has 0 aliphatic carbocycles. The van der Waals surface area contributed by atoms with Gasteiger partial charge in [-0.3, -0.25) is 82.1 Å². The van der Waals surface area contributed by atoms with Gasteiger partial charge in [0, 0.05) is 87.9 Å². The fraction of sp³-hybridized carbons (Fsp3) is 0.614. The third-order valence-electron chi connectivity index (χ3n) is 22.2. The van der Waals surface area contributed by atoms with Crippen LogP contribution in [0.4, 0.5) is 0 Å². The van der Waals surface area contributed by atoms with Crippen molar-refractivity contribution in [3.05, 3.63) is 90.1 Å². The average Bonchev–Trinajstić information content (AvgIpc) is 1.68. The predicted molar refractivity (Wildman–Crippen MR) is 480 cm³/mol. The lowest BCUT2D eigenvalue weighted by Gasteiger charge is -2.31. The number of nitrogens with two attached hydrogens (primary N) is 3. The molecule has 2 aromatic heterocycles. The van der Waals surface area contributed by atoms with E-state index < -0.39 is 232 Å². The van der Waals surface area contributed by atoms with Gasteiger partial charge in [0.25, 0.3) is 0 Å². The van der Waals surface area contributed by atoms with Crippen molar-refractivity contribution in [1.29, 1.82) is 5.41 Å². The van der Waals surface area contributed by atoms with Gasteiger partial charge in [-0.1, -0.05) is 139 Å². The Kier molecular flexibility index (Phi) is 49.3. The molecule has 0 bridgehead atoms. The van der Waals surface area contributed by atoms with Crippen LogP contribution in [-0.2, 0) is 105 Å². The molecule has 2 aliphatic rings. The number of benzene rings is 2. The molecule has 6 rings (SSSR count). The van der Waals surface area contributed by atoms with Crippen LogP contribution in [0.1, 0.15) is 191 Å². The number of nitrogens with one attached hydrogen (secondary N) is 17. The summed E-state index contributed by atoms with van der Waals surface area (Å²) in [7, 11) is 0. The van der Waals surface area contributed by atoms with E-state index in [1.807, 2.05) is 12.1 Å². The molecule has 0 saturated carbocycles. The van der Waals surface area contributed by atoms with E-state index in [0.717, 1.165) is 35.1 Å². The second-order valence-electron chi connectivity index (χ2n) is 32.8. The standard InChI is InChI=1S/C88H136N22O21/c1-3-5-7-8-9-10-11-12-13-14-18-31-74(116)95-38-39-130-40-41-131-53-76(118)98-49-75(117)100-70(51-111)84(126)104-65(34-35-73(89)115)80(122)107-69(44-57-47-94-54-99-57)83(125)109-71(52-112)85(127)103-63(27-6-4-2)78(120)105-66-33-32-58(113)48-93-36-22-21-29-62(77(90)119)101-82(124)68(43-56-46-97-61-28-20-19-26-60(56)61)106-79(121)64(30-23-37-96-88(91)92)102-81(123)67(42-55-24-16-15-17-25-55)108-86(128)72-45-59(114)50-110(72)87(66)129/h15-17,19-20,24-26,28,46-47,54,59,62-72,93,97,111-112,114H,3-14,18,21-23,27,29-45,48-53H2,1-2H3,(H2,89,115)(H2,90,119)(H,94,99)(H,95,116)(H,98,118)(H,100,117)(H,101,124)(H,102,123)(H,103,127)(H,104,126)(H,105,120)(H,106,121)(H,107,122)(H,108,128)(H,109,125)(H4,91,92,96)/t59-,62+,63+,64+,65+,66+,67-,68+,69+,70+,71?,72+/m1/s1. The van der Waals surface area contributed by atoms with E-state index in [-0.39, 0.29) is 115 Å². The van der Waals surface area contributed by atoms with Crippen LogP contribution in [0, 0.1) is 5.41 Å². The van der Waals surface area contributed by atoms with Gasteiger partial charge in [0.1, 0.15) is 78.9 Å². The van der Waals surface area contributed by atoms with Crippen molar-refractivity contribution in [2.45, 2.75) is 266 Å². The largest absolute Gasteiger partial charge is 0.394 e. The van der Waals surface area contributed by atoms with Crippen LogP contribution < -0.4 is 91.6 Å². The maximum atomic E-state index is 15.3. The SMILES string of the molecule is CCCCCCCCCCCCCC(=O)NCCOCCOCC(=O)NCC(=O)N[C@@H](CO)C(=O)N[C@@H](CCC(N)=O)C(=O)N[C@@H](Cc1c[nH]cn1)C(=O)NC(CO)C(=O)N[C@@H](CCCC)C(=O)N[C@H]1CCC(=O)CNCCCC[C@@H](C(N)=O)NC(=O)[C@H](Cc2c[nH]c3ccccc23)NC(=O)[C@H](CCCNC(=N)N)NC(=O)[C@@H](Cc2ccccc2)NC(=O)[C@@H]2C[C@@H](O)CN2C1=O. The first kappa shape index (κ1) is 108. The number of aromatic nitrogens is 3. The maximum Gasteiger partial charge on any atom is 0.246 e. The summed E-state index contributed by atoms with van der Waals surface area (Å²) in [4.78, 5) is 235. The number of primary amides is 2. The lowest BCUT2D eigenvalue weighted by molar-refractivity contribution is -0.143. The molecule has 0 spiro atoms. The molecule has 2 saturated heterocycles. The van der Waals surface area contributed by atoms with Gasteiger partial charge in [-0.25, -0.2) is 4.98 Å². The van der Waals surface area contributed by atoms with Crippen molar-refractivity contribution >= 4 is 111 Å². The summed E-state index contributed by atoms with van der Waals surface area (Å²) in [5.41, 5.74) is 18.9. The number of nitrogens with zero attached hydrogens (tertiary/aromatic N) is 2. The molecule has 131 heavy (non-hydrogen) atoms. The fourth-order valence-electron chi connectivity index (χ4n) is 14.9. The molecular formula is C88H136N22O21. The lowest BCUT2D eigenvalue weighted by Crippen LogP contribution is -2.61. The van der Waals surface area contributed by atoms with Crippen molar-refractivity contribution in [2.75, 3.05) is 78.9 Å². The van der Waals surface area contributed by atoms with Crippen molar-refractivity contribution in [1.82, 2.24) is 94.3 Å². The Labute approximate surface area is 761 Å². The molecule has 2 aliphatic heterocycles. The number of para-hydroxylation sites is 1. The van der Waals surface area contributed by atoms with Gasteiger partial charge in [0.05, 0.1) is 64.2 Å². The molecule has 26 N–H and O–H groups in total. The quantitative estimate of drug-likeness (QED) is 0.0119. The van der Waals surface area contributed by atoms with E-state index in [0.29, 0.717) is 30.4 Å². The topological polar surface area (TPSA) is 670 Å². The number of rotatable bonds is 52. The first-order valence-corrected chi connectivity index (χ1v) is 45.4. The van der Waals surface area contributed by atoms with E-state index in [1.165, 1.54) is 63.9 Å². The van der Waals surface area contributed by atoms with Crippen LogP contribution in [0.15, 0.2) is 73.3 Å². The summed E-state index contributed by atoms with van der Waals surface area (Å²) in [5, 5.41) is 77.2. The van der Waals surface area contributed by atoms with Crippen molar-refractivity contribution in [3.8, 4) is 0 Å². The van der Waals surface area contributed by atoms with Gasteiger partial charge >= 0.3 is 0 Å². The minimum absolute atomic E-state index is 0.00767. The summed E-state index contributed by atoms with van der Waals surface area (Å²) < 4.78 is 10.8. The second-order valence-corrected chi connectivity index (χ2v) is 32.8. The Bertz CT molecular complexity index is 4330. The number of ketones is 1. The van der Waals surface area contributed by atoms with Crippen molar-refractivity contribution in [2.24, 2.45) is 17.2 Å². The minimum Gasteiger partial charge on any atom is -0.394 e. The fourth-order valence-corrected chi connectivity index (χ4v) is 14.9. The Hall–Kier alpha value is -12.1. The average molecular weight is 1840 g/mol. The highest BCUT2D eigenvalue weighted by Gasteiger charge is 2.44. The number of fused-ring (bicyclic) bond motifs is 2. The Balaban J connectivity index is 1.13. The van der Waals surface area contributed by atoms with E-state index in [1.54, 1.807) is 55.6 Å². The van der Waals surface area contributed by atoms with Gasteiger partial charge in [-0.15, -0.1) is 0 Å². The highest BCUT2D eigenvalue weighted by Crippen LogP contribution is 2.24. The first-order valence-electron chi connectivity index (χ1n) is 45.4. The number of carbonyl (C=O) groups is 16. The van der Waals surface area contributed by atoms with Crippen LogP contribution in [0.5, 0.6) is 0 Å². The third-order valence-corrected chi connectivity index (χ3v) is 22.2. The van der Waals surface area contributed by atoms with Gasteiger partial charge in [-0.2, -0.15) is 0 Å². The van der Waals surface area contributed by atoms with Gasteiger partial charge in [0.15, 0.2) is 5.96 Å². The van der Waals surface area contributed by atoms with Crippen molar-refractivity contribution in [3.63, 3.8) is 0 Å². The summed E-state index contributed by atoms with van der Waals surface area (Å²) in [6.45, 7) is 0.594. The normalized spacial score (nSPS) is 19.2. The molecule has 12 atom stereocenters. The van der Waals surface area contributed by atoms with Crippen LogP contribution in [0.25, 0.3) is 10.9 Å². The number of aliphatic hydroxyl groups excluding tert-OH is 3.